The summed E-state index contributed by atoms with van der Waals surface area (Å²) in [5, 5.41) is 3.99. The highest BCUT2D eigenvalue weighted by molar-refractivity contribution is 5.85. The van der Waals surface area contributed by atoms with E-state index < -0.39 is 0 Å². The number of rotatable bonds is 5. The van der Waals surface area contributed by atoms with E-state index in [4.69, 9.17) is 10.3 Å². The lowest BCUT2D eigenvalue weighted by molar-refractivity contribution is -0.134. The molecular weight excluding hydrogens is 365 g/mol. The molecule has 1 aromatic heterocycles. The number of hydrogen-bond donors (Lipinski definition) is 1. The van der Waals surface area contributed by atoms with E-state index in [1.165, 1.54) is 0 Å². The Morgan fingerprint density at radius 3 is 2.52 bits per heavy atom. The number of piperazine rings is 1. The quantitative estimate of drug-likeness (QED) is 0.817. The van der Waals surface area contributed by atoms with Crippen molar-refractivity contribution >= 4 is 30.7 Å². The zero-order chi connectivity index (χ0) is 16.2. The molecule has 0 bridgehead atoms. The molecule has 1 saturated heterocycles. The third kappa shape index (κ3) is 5.81. The van der Waals surface area contributed by atoms with E-state index in [1.807, 2.05) is 11.8 Å². The summed E-state index contributed by atoms with van der Waals surface area (Å²) in [6, 6.07) is 0.214. The molecule has 1 saturated carbocycles. The Morgan fingerprint density at radius 1 is 1.24 bits per heavy atom. The lowest BCUT2D eigenvalue weighted by Gasteiger charge is -2.34. The van der Waals surface area contributed by atoms with Crippen LogP contribution in [0.3, 0.4) is 0 Å². The van der Waals surface area contributed by atoms with Crippen LogP contribution in [0.2, 0.25) is 0 Å². The van der Waals surface area contributed by atoms with Crippen molar-refractivity contribution in [1.29, 1.82) is 0 Å². The summed E-state index contributed by atoms with van der Waals surface area (Å²) in [7, 11) is 0. The van der Waals surface area contributed by atoms with Crippen LogP contribution in [0.5, 0.6) is 0 Å². The molecule has 1 aliphatic heterocycles. The van der Waals surface area contributed by atoms with Gasteiger partial charge in [-0.05, 0) is 18.8 Å². The summed E-state index contributed by atoms with van der Waals surface area (Å²) >= 11 is 0. The second-order valence-corrected chi connectivity index (χ2v) is 6.67. The molecule has 2 fully saturated rings. The van der Waals surface area contributed by atoms with Gasteiger partial charge in [0.2, 0.25) is 11.8 Å². The first kappa shape index (κ1) is 22.2. The Kier molecular flexibility index (Phi) is 9.13. The number of hydrogen-bond acceptors (Lipinski definition) is 6. The van der Waals surface area contributed by atoms with Crippen LogP contribution < -0.4 is 5.73 Å². The van der Waals surface area contributed by atoms with Crippen molar-refractivity contribution in [3.05, 3.63) is 11.7 Å². The van der Waals surface area contributed by atoms with Gasteiger partial charge in [-0.25, -0.2) is 0 Å². The summed E-state index contributed by atoms with van der Waals surface area (Å²) in [6.07, 6.45) is 4.71. The summed E-state index contributed by atoms with van der Waals surface area (Å²) in [4.78, 5) is 21.0. The first-order valence-corrected chi connectivity index (χ1v) is 8.73. The number of nitrogens with two attached hydrogens (primary N) is 1. The molecule has 1 aliphatic carbocycles. The topological polar surface area (TPSA) is 88.5 Å². The molecule has 3 rings (SSSR count). The van der Waals surface area contributed by atoms with Gasteiger partial charge in [0.25, 0.3) is 0 Å². The molecule has 0 unspecified atom stereocenters. The van der Waals surface area contributed by atoms with Gasteiger partial charge in [-0.15, -0.1) is 24.8 Å². The maximum Gasteiger partial charge on any atom is 0.226 e. The molecule has 25 heavy (non-hydrogen) atoms. The molecule has 2 heterocycles. The second-order valence-electron chi connectivity index (χ2n) is 6.67. The number of aromatic nitrogens is 2. The summed E-state index contributed by atoms with van der Waals surface area (Å²) in [6.45, 7) is 5.96. The summed E-state index contributed by atoms with van der Waals surface area (Å²) in [5.41, 5.74) is 6.08. The number of nitrogens with zero attached hydrogens (tertiary/aromatic N) is 4. The van der Waals surface area contributed by atoms with Gasteiger partial charge in [0.1, 0.15) is 0 Å². The minimum Gasteiger partial charge on any atom is -0.340 e. The first-order valence-electron chi connectivity index (χ1n) is 8.73. The maximum absolute atomic E-state index is 12.4. The molecule has 0 radical (unpaired) electrons. The van der Waals surface area contributed by atoms with Crippen molar-refractivity contribution in [3.8, 4) is 0 Å². The fourth-order valence-corrected chi connectivity index (χ4v) is 3.53. The summed E-state index contributed by atoms with van der Waals surface area (Å²) < 4.78 is 5.13. The van der Waals surface area contributed by atoms with Crippen LogP contribution in [0.25, 0.3) is 0 Å². The standard InChI is InChI=1S/C16H27N5O2.2ClH/c1-2-15-18-14(19-23-15)11-20-6-8-21(9-7-20)16(22)10-12-4-3-5-13(12)17;;/h12-13H,2-11,17H2,1H3;2*1H/t12-,13+;;/m0../s1. The van der Waals surface area contributed by atoms with Crippen molar-refractivity contribution in [2.45, 2.75) is 51.6 Å². The van der Waals surface area contributed by atoms with Gasteiger partial charge in [-0.3, -0.25) is 9.69 Å². The highest BCUT2D eigenvalue weighted by Gasteiger charge is 2.29. The molecule has 0 spiro atoms. The zero-order valence-corrected chi connectivity index (χ0v) is 16.4. The lowest BCUT2D eigenvalue weighted by atomic mass is 9.99. The van der Waals surface area contributed by atoms with E-state index in [2.05, 4.69) is 15.0 Å². The number of halogens is 2. The van der Waals surface area contributed by atoms with Crippen molar-refractivity contribution in [1.82, 2.24) is 19.9 Å². The highest BCUT2D eigenvalue weighted by Crippen LogP contribution is 2.27. The van der Waals surface area contributed by atoms with Gasteiger partial charge in [0.15, 0.2) is 5.82 Å². The van der Waals surface area contributed by atoms with Gasteiger partial charge in [0, 0.05) is 45.1 Å². The van der Waals surface area contributed by atoms with Crippen LogP contribution in [-0.4, -0.2) is 58.1 Å². The predicted molar refractivity (Wildman–Crippen MR) is 100.0 cm³/mol. The van der Waals surface area contributed by atoms with Crippen molar-refractivity contribution in [3.63, 3.8) is 0 Å². The normalized spacial score (nSPS) is 23.8. The van der Waals surface area contributed by atoms with Crippen LogP contribution in [0.4, 0.5) is 0 Å². The van der Waals surface area contributed by atoms with Crippen LogP contribution in [0, 0.1) is 5.92 Å². The Hall–Kier alpha value is -0.890. The number of amides is 1. The first-order chi connectivity index (χ1) is 11.2. The van der Waals surface area contributed by atoms with Crippen molar-refractivity contribution in [2.75, 3.05) is 26.2 Å². The largest absolute Gasteiger partial charge is 0.340 e. The van der Waals surface area contributed by atoms with Crippen LogP contribution in [0.1, 0.15) is 44.3 Å². The van der Waals surface area contributed by atoms with Gasteiger partial charge in [-0.2, -0.15) is 4.98 Å². The fourth-order valence-electron chi connectivity index (χ4n) is 3.53. The van der Waals surface area contributed by atoms with E-state index in [0.717, 1.165) is 57.7 Å². The number of carbonyl (C=O) groups is 1. The molecule has 0 aromatic carbocycles. The molecule has 9 heteroatoms. The maximum atomic E-state index is 12.4. The van der Waals surface area contributed by atoms with Gasteiger partial charge < -0.3 is 15.2 Å². The average Bonchev–Trinajstić information content (AvgIpc) is 3.17. The number of carbonyl (C=O) groups excluding carboxylic acids is 1. The summed E-state index contributed by atoms with van der Waals surface area (Å²) in [5.74, 6) is 2.06. The van der Waals surface area contributed by atoms with Crippen molar-refractivity contribution < 1.29 is 9.32 Å². The van der Waals surface area contributed by atoms with Gasteiger partial charge >= 0.3 is 0 Å². The molecule has 1 aromatic rings. The fraction of sp³-hybridized carbons (Fsp3) is 0.812. The minimum absolute atomic E-state index is 0. The molecule has 2 atom stereocenters. The Morgan fingerprint density at radius 2 is 1.96 bits per heavy atom. The average molecular weight is 394 g/mol. The van der Waals surface area contributed by atoms with E-state index in [9.17, 15) is 4.79 Å². The van der Waals surface area contributed by atoms with E-state index >= 15 is 0 Å². The van der Waals surface area contributed by atoms with E-state index in [-0.39, 0.29) is 36.8 Å². The third-order valence-corrected chi connectivity index (χ3v) is 5.06. The smallest absolute Gasteiger partial charge is 0.226 e. The van der Waals surface area contributed by atoms with E-state index in [0.29, 0.717) is 24.8 Å². The Labute approximate surface area is 161 Å². The van der Waals surface area contributed by atoms with Crippen LogP contribution in [-0.2, 0) is 17.8 Å². The van der Waals surface area contributed by atoms with E-state index in [1.54, 1.807) is 0 Å². The number of aryl methyl sites for hydroxylation is 1. The molecule has 2 aliphatic rings. The predicted octanol–water partition coefficient (Wildman–Crippen LogP) is 1.64. The third-order valence-electron chi connectivity index (χ3n) is 5.06. The second kappa shape index (κ2) is 10.3. The van der Waals surface area contributed by atoms with Crippen LogP contribution in [0.15, 0.2) is 4.52 Å². The molecular formula is C16H29Cl2N5O2. The van der Waals surface area contributed by atoms with Crippen molar-refractivity contribution in [2.24, 2.45) is 11.7 Å². The highest BCUT2D eigenvalue weighted by atomic mass is 35.5. The Bertz CT molecular complexity index is 534. The van der Waals surface area contributed by atoms with Crippen LogP contribution >= 0.6 is 24.8 Å². The molecule has 144 valence electrons. The van der Waals surface area contributed by atoms with Gasteiger partial charge in [-0.1, -0.05) is 18.5 Å². The minimum atomic E-state index is 0. The SMILES string of the molecule is CCc1nc(CN2CCN(C(=O)C[C@@H]3CCC[C@H]3N)CC2)no1.Cl.Cl. The van der Waals surface area contributed by atoms with Gasteiger partial charge in [0.05, 0.1) is 6.54 Å². The molecule has 2 N–H and O–H groups in total. The Balaban J connectivity index is 0.00000156. The molecule has 7 nitrogen and oxygen atoms in total. The monoisotopic (exact) mass is 393 g/mol. The molecule has 1 amide bonds. The lowest BCUT2D eigenvalue weighted by Crippen LogP contribution is -2.49. The zero-order valence-electron chi connectivity index (χ0n) is 14.7.